The molecule has 0 aromatic heterocycles. The number of ether oxygens (including phenoxy) is 3. The average Bonchev–Trinajstić information content (AvgIpc) is 3.14. The first-order valence-electron chi connectivity index (χ1n) is 11.1. The van der Waals surface area contributed by atoms with Crippen LogP contribution in [0.1, 0.15) is 29.9 Å². The Morgan fingerprint density at radius 2 is 1.44 bits per heavy atom. The fraction of sp³-hybridized carbons (Fsp3) is 0.400. The largest absolute Gasteiger partial charge is 0.481 e. The predicted molar refractivity (Wildman–Crippen MR) is 124 cm³/mol. The lowest BCUT2D eigenvalue weighted by Crippen LogP contribution is -2.47. The second-order valence-electron chi connectivity index (χ2n) is 8.11. The summed E-state index contributed by atoms with van der Waals surface area (Å²) in [5, 5.41) is 9.40. The number of fused-ring (bicyclic) bond motifs is 3. The van der Waals surface area contributed by atoms with E-state index in [-0.39, 0.29) is 38.8 Å². The molecule has 1 unspecified atom stereocenters. The third kappa shape index (κ3) is 5.61. The number of carbonyl (C=O) groups excluding carboxylic acids is 2. The molecule has 0 heterocycles. The molecule has 1 atom stereocenters. The molecular formula is C25H30N2O7. The number of primary amides is 1. The van der Waals surface area contributed by atoms with Crippen molar-refractivity contribution in [3.05, 3.63) is 59.7 Å². The van der Waals surface area contributed by atoms with E-state index in [2.05, 4.69) is 0 Å². The molecule has 182 valence electrons. The van der Waals surface area contributed by atoms with Crippen LogP contribution in [-0.2, 0) is 28.6 Å². The predicted octanol–water partition coefficient (Wildman–Crippen LogP) is 1.67. The Labute approximate surface area is 198 Å². The van der Waals surface area contributed by atoms with E-state index in [1.54, 1.807) is 0 Å². The fourth-order valence-electron chi connectivity index (χ4n) is 4.22. The van der Waals surface area contributed by atoms with Gasteiger partial charge in [0.2, 0.25) is 5.91 Å². The lowest BCUT2D eigenvalue weighted by molar-refractivity contribution is -0.167. The maximum Gasteiger partial charge on any atom is 0.322 e. The second kappa shape index (κ2) is 11.7. The van der Waals surface area contributed by atoms with Gasteiger partial charge in [0.05, 0.1) is 26.2 Å². The smallest absolute Gasteiger partial charge is 0.322 e. The first-order valence-corrected chi connectivity index (χ1v) is 11.1. The summed E-state index contributed by atoms with van der Waals surface area (Å²) in [4.78, 5) is 37.0. The van der Waals surface area contributed by atoms with Gasteiger partial charge in [0, 0.05) is 19.1 Å². The summed E-state index contributed by atoms with van der Waals surface area (Å²) in [6.45, 7) is 1.14. The molecule has 5 N–H and O–H groups in total. The van der Waals surface area contributed by atoms with E-state index in [0.717, 1.165) is 22.3 Å². The molecule has 1 aliphatic rings. The van der Waals surface area contributed by atoms with E-state index in [4.69, 9.17) is 25.7 Å². The van der Waals surface area contributed by atoms with Gasteiger partial charge in [0.25, 0.3) is 0 Å². The molecule has 1 aliphatic carbocycles. The maximum atomic E-state index is 13.1. The molecule has 0 saturated carbocycles. The maximum absolute atomic E-state index is 13.1. The molecule has 9 nitrogen and oxygen atoms in total. The van der Waals surface area contributed by atoms with Crippen LogP contribution >= 0.6 is 0 Å². The zero-order valence-corrected chi connectivity index (χ0v) is 18.9. The van der Waals surface area contributed by atoms with Gasteiger partial charge in [0.15, 0.2) is 5.41 Å². The number of hydrogen-bond acceptors (Lipinski definition) is 7. The van der Waals surface area contributed by atoms with Crippen LogP contribution in [0.25, 0.3) is 11.1 Å². The van der Waals surface area contributed by atoms with Crippen molar-refractivity contribution in [3.8, 4) is 11.1 Å². The van der Waals surface area contributed by atoms with E-state index >= 15 is 0 Å². The Hall–Kier alpha value is -3.27. The topological polar surface area (TPSA) is 151 Å². The normalized spacial score (nSPS) is 14.1. The quantitative estimate of drug-likeness (QED) is 0.214. The molecule has 0 aliphatic heterocycles. The van der Waals surface area contributed by atoms with Crippen LogP contribution in [0.4, 0.5) is 0 Å². The van der Waals surface area contributed by atoms with Crippen molar-refractivity contribution in [2.75, 3.05) is 39.6 Å². The zero-order valence-electron chi connectivity index (χ0n) is 18.9. The van der Waals surface area contributed by atoms with Crippen LogP contribution in [-0.4, -0.2) is 62.5 Å². The SMILES string of the molecule is NCCOCCOCCC(CC(=O)O)(C(N)=O)C(=O)OCC1c2ccccc2-c2ccccc21. The summed E-state index contributed by atoms with van der Waals surface area (Å²) in [6.07, 6.45) is -1.01. The van der Waals surface area contributed by atoms with Gasteiger partial charge in [0.1, 0.15) is 6.61 Å². The summed E-state index contributed by atoms with van der Waals surface area (Å²) >= 11 is 0. The highest BCUT2D eigenvalue weighted by Crippen LogP contribution is 2.44. The lowest BCUT2D eigenvalue weighted by atomic mass is 9.80. The fourth-order valence-corrected chi connectivity index (χ4v) is 4.22. The van der Waals surface area contributed by atoms with E-state index < -0.39 is 29.7 Å². The molecule has 0 bridgehead atoms. The summed E-state index contributed by atoms with van der Waals surface area (Å²) < 4.78 is 16.2. The number of hydrogen-bond donors (Lipinski definition) is 3. The Morgan fingerprint density at radius 3 is 1.97 bits per heavy atom. The minimum atomic E-state index is -2.04. The van der Waals surface area contributed by atoms with Crippen LogP contribution in [0.5, 0.6) is 0 Å². The average molecular weight is 471 g/mol. The van der Waals surface area contributed by atoms with Crippen molar-refractivity contribution in [1.82, 2.24) is 0 Å². The highest BCUT2D eigenvalue weighted by Gasteiger charge is 2.48. The van der Waals surface area contributed by atoms with Crippen molar-refractivity contribution in [2.45, 2.75) is 18.8 Å². The first-order chi connectivity index (χ1) is 16.4. The number of esters is 1. The Bertz CT molecular complexity index is 980. The Kier molecular flexibility index (Phi) is 8.75. The summed E-state index contributed by atoms with van der Waals surface area (Å²) in [5.41, 5.74) is 12.9. The first kappa shape index (κ1) is 25.4. The van der Waals surface area contributed by atoms with Gasteiger partial charge in [-0.1, -0.05) is 48.5 Å². The van der Waals surface area contributed by atoms with Crippen molar-refractivity contribution in [3.63, 3.8) is 0 Å². The number of amides is 1. The van der Waals surface area contributed by atoms with Crippen LogP contribution in [0.15, 0.2) is 48.5 Å². The molecule has 2 aromatic carbocycles. The van der Waals surface area contributed by atoms with Gasteiger partial charge in [-0.2, -0.15) is 0 Å². The molecule has 3 rings (SSSR count). The standard InChI is InChI=1S/C25H30N2O7/c26-10-12-33-14-13-32-11-9-25(23(27)30,15-22(28)29)24(31)34-16-21-19-7-3-1-5-17(19)18-6-2-4-8-20(18)21/h1-8,21H,9-16,26H2,(H2,27,30)(H,28,29). The molecule has 1 amide bonds. The molecule has 2 aromatic rings. The Balaban J connectivity index is 1.72. The molecule has 34 heavy (non-hydrogen) atoms. The molecule has 0 radical (unpaired) electrons. The van der Waals surface area contributed by atoms with Gasteiger partial charge in [-0.25, -0.2) is 0 Å². The van der Waals surface area contributed by atoms with E-state index in [9.17, 15) is 19.5 Å². The van der Waals surface area contributed by atoms with Crippen LogP contribution in [0, 0.1) is 5.41 Å². The lowest BCUT2D eigenvalue weighted by Gasteiger charge is -2.27. The number of nitrogens with two attached hydrogens (primary N) is 2. The van der Waals surface area contributed by atoms with Crippen molar-refractivity contribution >= 4 is 17.8 Å². The highest BCUT2D eigenvalue weighted by atomic mass is 16.5. The Morgan fingerprint density at radius 1 is 0.882 bits per heavy atom. The van der Waals surface area contributed by atoms with Gasteiger partial charge in [-0.3, -0.25) is 14.4 Å². The number of carboxylic acid groups (broad SMARTS) is 1. The van der Waals surface area contributed by atoms with Crippen molar-refractivity contribution in [2.24, 2.45) is 16.9 Å². The minimum Gasteiger partial charge on any atom is -0.481 e. The second-order valence-corrected chi connectivity index (χ2v) is 8.11. The van der Waals surface area contributed by atoms with E-state index in [1.807, 2.05) is 48.5 Å². The van der Waals surface area contributed by atoms with Crippen LogP contribution < -0.4 is 11.5 Å². The molecule has 0 saturated heterocycles. The number of aliphatic carboxylic acids is 1. The van der Waals surface area contributed by atoms with Gasteiger partial charge in [-0.15, -0.1) is 0 Å². The van der Waals surface area contributed by atoms with E-state index in [0.29, 0.717) is 13.2 Å². The van der Waals surface area contributed by atoms with Gasteiger partial charge >= 0.3 is 11.9 Å². The molecule has 0 fully saturated rings. The van der Waals surface area contributed by atoms with E-state index in [1.165, 1.54) is 0 Å². The summed E-state index contributed by atoms with van der Waals surface area (Å²) in [7, 11) is 0. The summed E-state index contributed by atoms with van der Waals surface area (Å²) in [6, 6.07) is 15.6. The number of carbonyl (C=O) groups is 3. The third-order valence-corrected chi connectivity index (χ3v) is 5.97. The van der Waals surface area contributed by atoms with Crippen LogP contribution in [0.3, 0.4) is 0 Å². The summed E-state index contributed by atoms with van der Waals surface area (Å²) in [5.74, 6) is -3.59. The monoisotopic (exact) mass is 470 g/mol. The van der Waals surface area contributed by atoms with Gasteiger partial charge in [-0.05, 0) is 28.7 Å². The molecule has 9 heteroatoms. The third-order valence-electron chi connectivity index (χ3n) is 5.97. The number of benzene rings is 2. The molecule has 0 spiro atoms. The molecular weight excluding hydrogens is 440 g/mol. The number of carboxylic acids is 1. The zero-order chi connectivity index (χ0) is 24.6. The van der Waals surface area contributed by atoms with Crippen LogP contribution in [0.2, 0.25) is 0 Å². The number of rotatable bonds is 14. The minimum absolute atomic E-state index is 0.0463. The highest BCUT2D eigenvalue weighted by molar-refractivity contribution is 6.04. The van der Waals surface area contributed by atoms with Gasteiger partial charge < -0.3 is 30.8 Å². The van der Waals surface area contributed by atoms with Crippen molar-refractivity contribution in [1.29, 1.82) is 0 Å². The van der Waals surface area contributed by atoms with Crippen molar-refractivity contribution < 1.29 is 33.7 Å².